The van der Waals surface area contributed by atoms with Gasteiger partial charge in [0.05, 0.1) is 11.4 Å². The second-order valence-electron chi connectivity index (χ2n) is 6.23. The van der Waals surface area contributed by atoms with E-state index in [2.05, 4.69) is 58.4 Å². The van der Waals surface area contributed by atoms with E-state index in [-0.39, 0.29) is 0 Å². The molecule has 1 aromatic rings. The maximum atomic E-state index is 4.41. The minimum absolute atomic E-state index is 0.411. The molecule has 2 aliphatic carbocycles. The summed E-state index contributed by atoms with van der Waals surface area (Å²) in [7, 11) is 0. The topological polar surface area (TPSA) is 30.7 Å². The minimum Gasteiger partial charge on any atom is -0.237 e. The molecule has 0 radical (unpaired) electrons. The third kappa shape index (κ3) is 2.10. The lowest BCUT2D eigenvalue weighted by Gasteiger charge is -2.12. The van der Waals surface area contributed by atoms with Gasteiger partial charge in [-0.25, -0.2) is 4.68 Å². The van der Waals surface area contributed by atoms with Crippen molar-refractivity contribution >= 4 is 22.6 Å². The zero-order valence-electron chi connectivity index (χ0n) is 11.4. The SMILES string of the molecule is CC(C)C1[C@H]2CCc3c(nnn3C(C)I)CC[C@@H]12. The number of hydrogen-bond acceptors (Lipinski definition) is 2. The number of halogens is 1. The fraction of sp³-hybridized carbons (Fsp3) is 0.857. The van der Waals surface area contributed by atoms with Gasteiger partial charge in [0.25, 0.3) is 0 Å². The van der Waals surface area contributed by atoms with Gasteiger partial charge < -0.3 is 0 Å². The first kappa shape index (κ1) is 12.9. The number of aromatic nitrogens is 3. The molecule has 2 unspecified atom stereocenters. The minimum atomic E-state index is 0.411. The van der Waals surface area contributed by atoms with Gasteiger partial charge in [-0.2, -0.15) is 0 Å². The molecule has 0 aromatic carbocycles. The lowest BCUT2D eigenvalue weighted by molar-refractivity contribution is 0.488. The molecule has 100 valence electrons. The summed E-state index contributed by atoms with van der Waals surface area (Å²) in [6, 6.07) is 0. The highest BCUT2D eigenvalue weighted by atomic mass is 127. The summed E-state index contributed by atoms with van der Waals surface area (Å²) >= 11 is 2.42. The number of alkyl halides is 1. The quantitative estimate of drug-likeness (QED) is 0.596. The van der Waals surface area contributed by atoms with E-state index in [1.54, 1.807) is 0 Å². The molecule has 0 N–H and O–H groups in total. The van der Waals surface area contributed by atoms with Crippen LogP contribution in [0.4, 0.5) is 0 Å². The molecule has 0 spiro atoms. The Kier molecular flexibility index (Phi) is 3.41. The van der Waals surface area contributed by atoms with Crippen molar-refractivity contribution in [2.45, 2.75) is 50.5 Å². The van der Waals surface area contributed by atoms with Gasteiger partial charge in [-0.1, -0.05) is 41.7 Å². The molecule has 2 aliphatic rings. The maximum absolute atomic E-state index is 4.41. The van der Waals surface area contributed by atoms with Crippen LogP contribution in [-0.4, -0.2) is 15.0 Å². The molecular formula is C14H22IN3. The van der Waals surface area contributed by atoms with Crippen LogP contribution in [0.3, 0.4) is 0 Å². The molecule has 1 heterocycles. The van der Waals surface area contributed by atoms with Crippen molar-refractivity contribution < 1.29 is 0 Å². The predicted octanol–water partition coefficient (Wildman–Crippen LogP) is 3.63. The summed E-state index contributed by atoms with van der Waals surface area (Å²) in [6.45, 7) is 6.95. The molecule has 0 saturated heterocycles. The predicted molar refractivity (Wildman–Crippen MR) is 80.7 cm³/mol. The van der Waals surface area contributed by atoms with E-state index in [0.29, 0.717) is 4.05 Å². The Bertz CT molecular complexity index is 438. The zero-order valence-corrected chi connectivity index (χ0v) is 13.6. The van der Waals surface area contributed by atoms with E-state index in [1.165, 1.54) is 30.7 Å². The van der Waals surface area contributed by atoms with Crippen LogP contribution in [0.2, 0.25) is 0 Å². The van der Waals surface area contributed by atoms with E-state index < -0.39 is 0 Å². The van der Waals surface area contributed by atoms with Gasteiger partial charge in [0.15, 0.2) is 0 Å². The van der Waals surface area contributed by atoms with E-state index >= 15 is 0 Å². The summed E-state index contributed by atoms with van der Waals surface area (Å²) in [6.07, 6.45) is 5.00. The molecule has 18 heavy (non-hydrogen) atoms. The molecule has 1 fully saturated rings. The van der Waals surface area contributed by atoms with Crippen molar-refractivity contribution in [2.75, 3.05) is 0 Å². The van der Waals surface area contributed by atoms with Gasteiger partial charge in [-0.15, -0.1) is 5.10 Å². The van der Waals surface area contributed by atoms with Crippen LogP contribution in [0.1, 0.15) is 49.0 Å². The Morgan fingerprint density at radius 1 is 1.17 bits per heavy atom. The summed E-state index contributed by atoms with van der Waals surface area (Å²) in [5.41, 5.74) is 2.68. The number of aryl methyl sites for hydroxylation is 1. The average molecular weight is 359 g/mol. The van der Waals surface area contributed by atoms with Crippen LogP contribution in [0.5, 0.6) is 0 Å². The molecule has 0 amide bonds. The molecule has 0 bridgehead atoms. The van der Waals surface area contributed by atoms with E-state index in [9.17, 15) is 0 Å². The summed E-state index contributed by atoms with van der Waals surface area (Å²) in [5.74, 6) is 3.79. The van der Waals surface area contributed by atoms with E-state index in [0.717, 1.165) is 30.1 Å². The number of nitrogens with zero attached hydrogens (tertiary/aromatic N) is 3. The smallest absolute Gasteiger partial charge is 0.102 e. The Balaban J connectivity index is 1.79. The van der Waals surface area contributed by atoms with Crippen molar-refractivity contribution in [3.8, 4) is 0 Å². The second-order valence-corrected chi connectivity index (χ2v) is 8.03. The van der Waals surface area contributed by atoms with Crippen LogP contribution in [0.15, 0.2) is 0 Å². The number of fused-ring (bicyclic) bond motifs is 2. The van der Waals surface area contributed by atoms with Crippen LogP contribution in [-0.2, 0) is 12.8 Å². The second kappa shape index (κ2) is 4.76. The lowest BCUT2D eigenvalue weighted by atomic mass is 10.0. The average Bonchev–Trinajstić information content (AvgIpc) is 2.81. The Morgan fingerprint density at radius 3 is 2.44 bits per heavy atom. The van der Waals surface area contributed by atoms with E-state index in [1.807, 2.05) is 0 Å². The summed E-state index contributed by atoms with van der Waals surface area (Å²) in [5, 5.41) is 8.74. The lowest BCUT2D eigenvalue weighted by Crippen LogP contribution is -2.09. The summed E-state index contributed by atoms with van der Waals surface area (Å²) in [4.78, 5) is 0. The van der Waals surface area contributed by atoms with Gasteiger partial charge in [0.1, 0.15) is 4.05 Å². The van der Waals surface area contributed by atoms with Crippen molar-refractivity contribution in [3.05, 3.63) is 11.4 Å². The Hall–Kier alpha value is -0.130. The van der Waals surface area contributed by atoms with Gasteiger partial charge in [0, 0.05) is 0 Å². The summed E-state index contributed by atoms with van der Waals surface area (Å²) < 4.78 is 2.54. The van der Waals surface area contributed by atoms with Crippen LogP contribution in [0.25, 0.3) is 0 Å². The number of rotatable bonds is 2. The first-order chi connectivity index (χ1) is 8.59. The normalized spacial score (nSPS) is 32.4. The third-order valence-corrected chi connectivity index (χ3v) is 5.33. The first-order valence-electron chi connectivity index (χ1n) is 7.16. The molecule has 1 aromatic heterocycles. The van der Waals surface area contributed by atoms with Crippen LogP contribution >= 0.6 is 22.6 Å². The van der Waals surface area contributed by atoms with Crippen molar-refractivity contribution in [2.24, 2.45) is 23.7 Å². The van der Waals surface area contributed by atoms with Crippen molar-refractivity contribution in [1.29, 1.82) is 0 Å². The molecule has 1 saturated carbocycles. The van der Waals surface area contributed by atoms with E-state index in [4.69, 9.17) is 0 Å². The molecule has 3 nitrogen and oxygen atoms in total. The molecule has 4 heteroatoms. The van der Waals surface area contributed by atoms with Crippen molar-refractivity contribution in [3.63, 3.8) is 0 Å². The van der Waals surface area contributed by atoms with Gasteiger partial charge in [-0.05, 0) is 56.3 Å². The Labute approximate surface area is 123 Å². The maximum Gasteiger partial charge on any atom is 0.102 e. The van der Waals surface area contributed by atoms with Gasteiger partial charge >= 0.3 is 0 Å². The fourth-order valence-electron chi connectivity index (χ4n) is 3.97. The monoisotopic (exact) mass is 359 g/mol. The molecule has 0 aliphatic heterocycles. The zero-order chi connectivity index (χ0) is 12.9. The highest BCUT2D eigenvalue weighted by Crippen LogP contribution is 2.56. The molecule has 4 atom stereocenters. The highest BCUT2D eigenvalue weighted by Gasteiger charge is 2.50. The molecular weight excluding hydrogens is 337 g/mol. The standard InChI is InChI=1S/C14H22IN3/c1-8(2)14-10-4-6-12-13(7-5-11(10)14)18(9(3)15)17-16-12/h8-11,14H,4-7H2,1-3H3/t9?,10-,11+,14?/m1/s1. The van der Waals surface area contributed by atoms with Gasteiger partial charge in [0.2, 0.25) is 0 Å². The fourth-order valence-corrected chi connectivity index (χ4v) is 4.42. The molecule has 3 rings (SSSR count). The highest BCUT2D eigenvalue weighted by molar-refractivity contribution is 14.1. The van der Waals surface area contributed by atoms with Crippen LogP contribution < -0.4 is 0 Å². The third-order valence-electron chi connectivity index (χ3n) is 4.81. The number of hydrogen-bond donors (Lipinski definition) is 0. The van der Waals surface area contributed by atoms with Gasteiger partial charge in [-0.3, -0.25) is 0 Å². The van der Waals surface area contributed by atoms with Crippen molar-refractivity contribution in [1.82, 2.24) is 15.0 Å². The Morgan fingerprint density at radius 2 is 1.83 bits per heavy atom. The first-order valence-corrected chi connectivity index (χ1v) is 8.41. The van der Waals surface area contributed by atoms with Crippen LogP contribution in [0, 0.1) is 23.7 Å². The largest absolute Gasteiger partial charge is 0.237 e.